The van der Waals surface area contributed by atoms with Gasteiger partial charge in [0.2, 0.25) is 0 Å². The highest BCUT2D eigenvalue weighted by atomic mass is 19.1. The summed E-state index contributed by atoms with van der Waals surface area (Å²) in [7, 11) is 0. The van der Waals surface area contributed by atoms with Crippen LogP contribution in [0, 0.1) is 5.82 Å². The van der Waals surface area contributed by atoms with Crippen LogP contribution in [0.25, 0.3) is 0 Å². The second-order valence-electron chi connectivity index (χ2n) is 2.13. The van der Waals surface area contributed by atoms with Crippen molar-refractivity contribution in [2.45, 2.75) is 6.42 Å². The number of halogens is 1. The maximum Gasteiger partial charge on any atom is 0.123 e. The number of hydrogen-bond donors (Lipinski definition) is 1. The number of nitrogens with zero attached hydrogens (tertiary/aromatic N) is 1. The van der Waals surface area contributed by atoms with Gasteiger partial charge in [0.1, 0.15) is 5.82 Å². The lowest BCUT2D eigenvalue weighted by Crippen LogP contribution is -1.85. The summed E-state index contributed by atoms with van der Waals surface area (Å²) >= 11 is 0. The van der Waals surface area contributed by atoms with Crippen LogP contribution in [0.3, 0.4) is 0 Å². The Morgan fingerprint density at radius 1 is 1.36 bits per heavy atom. The van der Waals surface area contributed by atoms with Crippen molar-refractivity contribution >= 4 is 6.21 Å². The normalized spacial score (nSPS) is 10.6. The van der Waals surface area contributed by atoms with Gasteiger partial charge in [-0.05, 0) is 17.7 Å². The topological polar surface area (TPSA) is 32.6 Å². The van der Waals surface area contributed by atoms with E-state index in [0.29, 0.717) is 6.42 Å². The number of oxime groups is 1. The van der Waals surface area contributed by atoms with Crippen molar-refractivity contribution in [1.82, 2.24) is 0 Å². The van der Waals surface area contributed by atoms with Gasteiger partial charge in [-0.1, -0.05) is 12.1 Å². The van der Waals surface area contributed by atoms with Gasteiger partial charge >= 0.3 is 0 Å². The lowest BCUT2D eigenvalue weighted by molar-refractivity contribution is 0.321. The van der Waals surface area contributed by atoms with Crippen LogP contribution in [0.4, 0.5) is 4.39 Å². The maximum atomic E-state index is 12.3. The summed E-state index contributed by atoms with van der Waals surface area (Å²) in [6.45, 7) is 0. The van der Waals surface area contributed by atoms with Crippen molar-refractivity contribution in [2.75, 3.05) is 0 Å². The average molecular weight is 153 g/mol. The molecule has 0 spiro atoms. The molecular weight excluding hydrogens is 145 g/mol. The molecule has 0 unspecified atom stereocenters. The van der Waals surface area contributed by atoms with E-state index >= 15 is 0 Å². The summed E-state index contributed by atoms with van der Waals surface area (Å²) in [4.78, 5) is 0. The van der Waals surface area contributed by atoms with Crippen LogP contribution in [0.2, 0.25) is 0 Å². The van der Waals surface area contributed by atoms with E-state index in [-0.39, 0.29) is 5.82 Å². The van der Waals surface area contributed by atoms with Crippen molar-refractivity contribution in [1.29, 1.82) is 0 Å². The first kappa shape index (κ1) is 7.72. The van der Waals surface area contributed by atoms with Crippen molar-refractivity contribution in [3.05, 3.63) is 35.6 Å². The molecule has 58 valence electrons. The smallest absolute Gasteiger partial charge is 0.123 e. The second-order valence-corrected chi connectivity index (χ2v) is 2.13. The first-order chi connectivity index (χ1) is 5.33. The van der Waals surface area contributed by atoms with E-state index in [4.69, 9.17) is 5.21 Å². The Balaban J connectivity index is 2.66. The largest absolute Gasteiger partial charge is 0.411 e. The van der Waals surface area contributed by atoms with Gasteiger partial charge in [0, 0.05) is 12.6 Å². The molecule has 3 heteroatoms. The summed E-state index contributed by atoms with van der Waals surface area (Å²) < 4.78 is 12.3. The van der Waals surface area contributed by atoms with Crippen LogP contribution >= 0.6 is 0 Å². The summed E-state index contributed by atoms with van der Waals surface area (Å²) in [5, 5.41) is 10.9. The fourth-order valence-corrected chi connectivity index (χ4v) is 0.767. The lowest BCUT2D eigenvalue weighted by atomic mass is 10.2. The zero-order chi connectivity index (χ0) is 8.10. The van der Waals surface area contributed by atoms with Gasteiger partial charge in [-0.3, -0.25) is 0 Å². The molecule has 0 aliphatic rings. The Hall–Kier alpha value is -1.38. The third kappa shape index (κ3) is 2.37. The molecule has 0 atom stereocenters. The van der Waals surface area contributed by atoms with Gasteiger partial charge < -0.3 is 5.21 Å². The molecule has 0 bridgehead atoms. The molecule has 1 aromatic rings. The van der Waals surface area contributed by atoms with Crippen LogP contribution in [0.1, 0.15) is 5.56 Å². The molecule has 0 radical (unpaired) electrons. The van der Waals surface area contributed by atoms with Crippen molar-refractivity contribution in [2.24, 2.45) is 5.16 Å². The summed E-state index contributed by atoms with van der Waals surface area (Å²) in [5.74, 6) is -0.255. The second kappa shape index (κ2) is 3.71. The molecule has 11 heavy (non-hydrogen) atoms. The minimum atomic E-state index is -0.255. The Labute approximate surface area is 64.0 Å². The van der Waals surface area contributed by atoms with Crippen LogP contribution in [0.5, 0.6) is 0 Å². The Morgan fingerprint density at radius 3 is 2.55 bits per heavy atom. The first-order valence-electron chi connectivity index (χ1n) is 3.23. The van der Waals surface area contributed by atoms with E-state index in [1.54, 1.807) is 12.1 Å². The van der Waals surface area contributed by atoms with Crippen LogP contribution in [-0.4, -0.2) is 11.4 Å². The third-order valence-electron chi connectivity index (χ3n) is 1.32. The SMILES string of the molecule is O/N=C/Cc1ccc(F)cc1. The summed E-state index contributed by atoms with van der Waals surface area (Å²) in [6, 6.07) is 6.05. The molecule has 0 aromatic heterocycles. The zero-order valence-electron chi connectivity index (χ0n) is 5.87. The Kier molecular flexibility index (Phi) is 2.60. The van der Waals surface area contributed by atoms with Gasteiger partial charge in [0.25, 0.3) is 0 Å². The van der Waals surface area contributed by atoms with E-state index in [1.165, 1.54) is 18.3 Å². The van der Waals surface area contributed by atoms with Crippen molar-refractivity contribution in [3.8, 4) is 0 Å². The van der Waals surface area contributed by atoms with Gasteiger partial charge in [0.15, 0.2) is 0 Å². The quantitative estimate of drug-likeness (QED) is 0.392. The molecular formula is C8H8FNO. The first-order valence-corrected chi connectivity index (χ1v) is 3.23. The number of hydrogen-bond acceptors (Lipinski definition) is 2. The zero-order valence-corrected chi connectivity index (χ0v) is 5.87. The molecule has 0 fully saturated rings. The average Bonchev–Trinajstić information content (AvgIpc) is 2.04. The maximum absolute atomic E-state index is 12.3. The minimum Gasteiger partial charge on any atom is -0.411 e. The van der Waals surface area contributed by atoms with Crippen LogP contribution in [0.15, 0.2) is 29.4 Å². The standard InChI is InChI=1S/C8H8FNO/c9-8-3-1-7(2-4-8)5-6-10-11/h1-4,6,11H,5H2/b10-6+. The van der Waals surface area contributed by atoms with Gasteiger partial charge in [-0.25, -0.2) is 4.39 Å². The van der Waals surface area contributed by atoms with Gasteiger partial charge in [-0.2, -0.15) is 0 Å². The summed E-state index contributed by atoms with van der Waals surface area (Å²) in [6.07, 6.45) is 1.88. The Bertz CT molecular complexity index is 243. The van der Waals surface area contributed by atoms with E-state index < -0.39 is 0 Å². The highest BCUT2D eigenvalue weighted by Crippen LogP contribution is 2.01. The Morgan fingerprint density at radius 2 is 2.00 bits per heavy atom. The van der Waals surface area contributed by atoms with E-state index in [1.807, 2.05) is 0 Å². The minimum absolute atomic E-state index is 0.255. The number of rotatable bonds is 2. The fourth-order valence-electron chi connectivity index (χ4n) is 0.767. The molecule has 1 N–H and O–H groups in total. The molecule has 0 aliphatic carbocycles. The molecule has 0 saturated carbocycles. The predicted octanol–water partition coefficient (Wildman–Crippen LogP) is 1.83. The number of benzene rings is 1. The highest BCUT2D eigenvalue weighted by Gasteiger charge is 1.90. The molecule has 0 saturated heterocycles. The monoisotopic (exact) mass is 153 g/mol. The molecule has 0 aliphatic heterocycles. The van der Waals surface area contributed by atoms with Crippen LogP contribution < -0.4 is 0 Å². The molecule has 0 amide bonds. The highest BCUT2D eigenvalue weighted by molar-refractivity contribution is 5.60. The van der Waals surface area contributed by atoms with Crippen molar-refractivity contribution in [3.63, 3.8) is 0 Å². The van der Waals surface area contributed by atoms with Gasteiger partial charge in [-0.15, -0.1) is 5.16 Å². The van der Waals surface area contributed by atoms with E-state index in [9.17, 15) is 4.39 Å². The van der Waals surface area contributed by atoms with Crippen LogP contribution in [-0.2, 0) is 6.42 Å². The molecule has 2 nitrogen and oxygen atoms in total. The lowest BCUT2D eigenvalue weighted by Gasteiger charge is -1.93. The van der Waals surface area contributed by atoms with Crippen molar-refractivity contribution < 1.29 is 9.60 Å². The molecule has 1 rings (SSSR count). The summed E-state index contributed by atoms with van der Waals surface area (Å²) in [5.41, 5.74) is 0.921. The van der Waals surface area contributed by atoms with E-state index in [0.717, 1.165) is 5.56 Å². The third-order valence-corrected chi connectivity index (χ3v) is 1.32. The van der Waals surface area contributed by atoms with Gasteiger partial charge in [0.05, 0.1) is 0 Å². The van der Waals surface area contributed by atoms with E-state index in [2.05, 4.69) is 5.16 Å². The predicted molar refractivity (Wildman–Crippen MR) is 40.4 cm³/mol. The fraction of sp³-hybridized carbons (Fsp3) is 0.125. The molecule has 1 aromatic carbocycles. The molecule has 0 heterocycles.